The van der Waals surface area contributed by atoms with Crippen molar-refractivity contribution in [2.75, 3.05) is 11.5 Å². The predicted molar refractivity (Wildman–Crippen MR) is 83.4 cm³/mol. The fraction of sp³-hybridized carbons (Fsp3) is 0. The zero-order valence-corrected chi connectivity index (χ0v) is 10.7. The number of fused-ring (bicyclic) bond motifs is 3. The van der Waals surface area contributed by atoms with Gasteiger partial charge in [-0.15, -0.1) is 0 Å². The highest BCUT2D eigenvalue weighted by Gasteiger charge is 2.12. The summed E-state index contributed by atoms with van der Waals surface area (Å²) in [5.74, 6) is 0. The Bertz CT molecular complexity index is 896. The minimum atomic E-state index is 0.628. The van der Waals surface area contributed by atoms with Crippen LogP contribution in [0.2, 0.25) is 0 Å². The van der Waals surface area contributed by atoms with E-state index in [0.717, 1.165) is 21.8 Å². The van der Waals surface area contributed by atoms with Gasteiger partial charge in [0.05, 0.1) is 22.4 Å². The van der Waals surface area contributed by atoms with Gasteiger partial charge < -0.3 is 11.5 Å². The highest BCUT2D eigenvalue weighted by Crippen LogP contribution is 2.35. The molecule has 0 aliphatic carbocycles. The van der Waals surface area contributed by atoms with E-state index in [1.807, 2.05) is 48.5 Å². The minimum Gasteiger partial charge on any atom is -0.396 e. The molecule has 0 saturated carbocycles. The summed E-state index contributed by atoms with van der Waals surface area (Å²) in [5, 5.41) is 1.84. The summed E-state index contributed by atoms with van der Waals surface area (Å²) in [6.07, 6.45) is 0. The number of aromatic nitrogens is 2. The van der Waals surface area contributed by atoms with Crippen molar-refractivity contribution in [3.8, 4) is 0 Å². The second kappa shape index (κ2) is 3.81. The number of rotatable bonds is 0. The number of hydrogen-bond donors (Lipinski definition) is 2. The average molecular weight is 260 g/mol. The Labute approximate surface area is 115 Å². The van der Waals surface area contributed by atoms with E-state index >= 15 is 0 Å². The molecule has 4 nitrogen and oxygen atoms in total. The third kappa shape index (κ3) is 1.36. The van der Waals surface area contributed by atoms with Gasteiger partial charge in [-0.25, -0.2) is 9.97 Å². The molecule has 1 heterocycles. The van der Waals surface area contributed by atoms with E-state index in [1.165, 1.54) is 0 Å². The van der Waals surface area contributed by atoms with Crippen molar-refractivity contribution < 1.29 is 0 Å². The van der Waals surface area contributed by atoms with Gasteiger partial charge in [-0.2, -0.15) is 0 Å². The molecule has 4 aromatic rings. The Balaban J connectivity index is 2.31. The normalized spacial score (nSPS) is 11.4. The molecule has 96 valence electrons. The summed E-state index contributed by atoms with van der Waals surface area (Å²) in [5.41, 5.74) is 16.7. The molecule has 0 fully saturated rings. The van der Waals surface area contributed by atoms with Gasteiger partial charge in [0, 0.05) is 10.8 Å². The van der Waals surface area contributed by atoms with Gasteiger partial charge in [0.1, 0.15) is 11.0 Å². The Kier molecular flexibility index (Phi) is 2.09. The fourth-order valence-corrected chi connectivity index (χ4v) is 2.58. The van der Waals surface area contributed by atoms with Crippen LogP contribution in [0.5, 0.6) is 0 Å². The van der Waals surface area contributed by atoms with Gasteiger partial charge in [-0.3, -0.25) is 0 Å². The molecular formula is C16H12N4. The summed E-state index contributed by atoms with van der Waals surface area (Å²) in [6, 6.07) is 15.5. The quantitative estimate of drug-likeness (QED) is 0.289. The molecular weight excluding hydrogens is 248 g/mol. The van der Waals surface area contributed by atoms with E-state index in [9.17, 15) is 0 Å². The van der Waals surface area contributed by atoms with E-state index < -0.39 is 0 Å². The Hall–Kier alpha value is -2.88. The molecule has 0 saturated heterocycles. The topological polar surface area (TPSA) is 77.8 Å². The van der Waals surface area contributed by atoms with E-state index in [2.05, 4.69) is 9.97 Å². The molecule has 0 spiro atoms. The van der Waals surface area contributed by atoms with Crippen molar-refractivity contribution in [1.82, 2.24) is 9.97 Å². The van der Waals surface area contributed by atoms with Gasteiger partial charge in [0.2, 0.25) is 0 Å². The van der Waals surface area contributed by atoms with E-state index in [4.69, 9.17) is 11.5 Å². The molecule has 4 rings (SSSR count). The Morgan fingerprint density at radius 2 is 1.00 bits per heavy atom. The first-order valence-corrected chi connectivity index (χ1v) is 6.38. The van der Waals surface area contributed by atoms with E-state index in [1.54, 1.807) is 0 Å². The largest absolute Gasteiger partial charge is 0.396 e. The second-order valence-corrected chi connectivity index (χ2v) is 4.78. The van der Waals surface area contributed by atoms with Crippen LogP contribution in [0.1, 0.15) is 0 Å². The first-order valence-electron chi connectivity index (χ1n) is 6.38. The summed E-state index contributed by atoms with van der Waals surface area (Å²) < 4.78 is 0. The molecule has 0 unspecified atom stereocenters. The molecule has 0 radical (unpaired) electrons. The van der Waals surface area contributed by atoms with Crippen molar-refractivity contribution in [3.63, 3.8) is 0 Å². The monoisotopic (exact) mass is 260 g/mol. The lowest BCUT2D eigenvalue weighted by Gasteiger charge is -2.10. The lowest BCUT2D eigenvalue weighted by molar-refractivity contribution is 1.40. The SMILES string of the molecule is Nc1c2ccccc2c(N)c2nc3ccccc3nc12. The summed E-state index contributed by atoms with van der Waals surface area (Å²) in [6.45, 7) is 0. The van der Waals surface area contributed by atoms with Crippen LogP contribution in [0.3, 0.4) is 0 Å². The van der Waals surface area contributed by atoms with Gasteiger partial charge >= 0.3 is 0 Å². The summed E-state index contributed by atoms with van der Waals surface area (Å²) in [7, 11) is 0. The van der Waals surface area contributed by atoms with Crippen molar-refractivity contribution in [2.45, 2.75) is 0 Å². The second-order valence-electron chi connectivity index (χ2n) is 4.78. The van der Waals surface area contributed by atoms with Crippen LogP contribution in [-0.4, -0.2) is 9.97 Å². The molecule has 1 aromatic heterocycles. The lowest BCUT2D eigenvalue weighted by Crippen LogP contribution is -1.99. The molecule has 0 amide bonds. The van der Waals surface area contributed by atoms with Crippen LogP contribution in [0.15, 0.2) is 48.5 Å². The van der Waals surface area contributed by atoms with Crippen LogP contribution in [0, 0.1) is 0 Å². The number of anilines is 2. The zero-order chi connectivity index (χ0) is 13.7. The predicted octanol–water partition coefficient (Wildman–Crippen LogP) is 3.10. The molecule has 0 atom stereocenters. The fourth-order valence-electron chi connectivity index (χ4n) is 2.58. The average Bonchev–Trinajstić information content (AvgIpc) is 2.51. The van der Waals surface area contributed by atoms with Crippen LogP contribution in [0.4, 0.5) is 11.4 Å². The molecule has 3 aromatic carbocycles. The smallest absolute Gasteiger partial charge is 0.115 e. The maximum absolute atomic E-state index is 6.26. The zero-order valence-electron chi connectivity index (χ0n) is 10.7. The number of benzene rings is 3. The highest BCUT2D eigenvalue weighted by molar-refractivity contribution is 6.16. The maximum Gasteiger partial charge on any atom is 0.115 e. The Morgan fingerprint density at radius 3 is 1.45 bits per heavy atom. The van der Waals surface area contributed by atoms with Gasteiger partial charge in [0.15, 0.2) is 0 Å². The first-order chi connectivity index (χ1) is 9.75. The van der Waals surface area contributed by atoms with Crippen LogP contribution in [0.25, 0.3) is 32.8 Å². The van der Waals surface area contributed by atoms with Crippen LogP contribution in [-0.2, 0) is 0 Å². The van der Waals surface area contributed by atoms with Crippen LogP contribution >= 0.6 is 0 Å². The lowest BCUT2D eigenvalue weighted by atomic mass is 10.0. The van der Waals surface area contributed by atoms with E-state index in [-0.39, 0.29) is 0 Å². The van der Waals surface area contributed by atoms with Crippen LogP contribution < -0.4 is 11.5 Å². The van der Waals surface area contributed by atoms with Gasteiger partial charge in [-0.05, 0) is 12.1 Å². The number of hydrogen-bond acceptors (Lipinski definition) is 4. The molecule has 4 heteroatoms. The van der Waals surface area contributed by atoms with Gasteiger partial charge in [-0.1, -0.05) is 36.4 Å². The third-order valence-corrected chi connectivity index (χ3v) is 3.59. The molecule has 4 N–H and O–H groups in total. The first kappa shape index (κ1) is 11.0. The van der Waals surface area contributed by atoms with Crippen molar-refractivity contribution in [1.29, 1.82) is 0 Å². The standard InChI is InChI=1S/C16H12N4/c17-13-9-5-1-2-6-10(9)14(18)16-15(13)19-11-7-3-4-8-12(11)20-16/h1-8H,17-18H2. The number of nitrogens with two attached hydrogens (primary N) is 2. The third-order valence-electron chi connectivity index (χ3n) is 3.59. The molecule has 0 bridgehead atoms. The Morgan fingerprint density at radius 1 is 0.600 bits per heavy atom. The number of nitrogen functional groups attached to an aromatic ring is 2. The minimum absolute atomic E-state index is 0.628. The molecule has 20 heavy (non-hydrogen) atoms. The molecule has 0 aliphatic rings. The van der Waals surface area contributed by atoms with Crippen molar-refractivity contribution >= 4 is 44.2 Å². The molecule has 0 aliphatic heterocycles. The number of nitrogens with zero attached hydrogens (tertiary/aromatic N) is 2. The highest BCUT2D eigenvalue weighted by atomic mass is 14.8. The maximum atomic E-state index is 6.26. The van der Waals surface area contributed by atoms with Crippen molar-refractivity contribution in [3.05, 3.63) is 48.5 Å². The summed E-state index contributed by atoms with van der Waals surface area (Å²) >= 11 is 0. The van der Waals surface area contributed by atoms with E-state index in [0.29, 0.717) is 22.4 Å². The van der Waals surface area contributed by atoms with Gasteiger partial charge in [0.25, 0.3) is 0 Å². The summed E-state index contributed by atoms with van der Waals surface area (Å²) in [4.78, 5) is 9.24. The number of para-hydroxylation sites is 2. The van der Waals surface area contributed by atoms with Crippen molar-refractivity contribution in [2.24, 2.45) is 0 Å².